The van der Waals surface area contributed by atoms with Crippen molar-refractivity contribution in [3.63, 3.8) is 0 Å². The van der Waals surface area contributed by atoms with Crippen LogP contribution in [0.1, 0.15) is 69.8 Å². The lowest BCUT2D eigenvalue weighted by molar-refractivity contribution is 0.339. The Labute approximate surface area is 109 Å². The predicted molar refractivity (Wildman–Crippen MR) is 74.3 cm³/mol. The molecule has 4 nitrogen and oxygen atoms in total. The molecule has 0 aromatic carbocycles. The molecule has 2 rings (SSSR count). The van der Waals surface area contributed by atoms with Gasteiger partial charge in [0.25, 0.3) is 0 Å². The van der Waals surface area contributed by atoms with E-state index >= 15 is 0 Å². The zero-order valence-electron chi connectivity index (χ0n) is 11.6. The third kappa shape index (κ3) is 2.99. The van der Waals surface area contributed by atoms with Crippen molar-refractivity contribution in [2.45, 2.75) is 58.3 Å². The zero-order valence-corrected chi connectivity index (χ0v) is 11.6. The molecule has 0 spiro atoms. The molecule has 100 valence electrons. The largest absolute Gasteiger partial charge is 0.308 e. The summed E-state index contributed by atoms with van der Waals surface area (Å²) in [6, 6.07) is 1.94. The standard InChI is InChI=1S/C14H24N4/c1-9(2)12-8-13(18-15)17-14(16-12)11-6-4-10(3)5-7-11/h8-11H,4-7,15H2,1-3H3,(H,16,17,18). The van der Waals surface area contributed by atoms with Crippen LogP contribution >= 0.6 is 0 Å². The molecule has 1 fully saturated rings. The molecule has 0 amide bonds. The molecule has 4 heteroatoms. The number of hydrogen-bond donors (Lipinski definition) is 2. The topological polar surface area (TPSA) is 63.8 Å². The highest BCUT2D eigenvalue weighted by atomic mass is 15.3. The molecule has 1 aromatic heterocycles. The number of nitrogen functional groups attached to an aromatic ring is 1. The van der Waals surface area contributed by atoms with E-state index in [1.165, 1.54) is 25.7 Å². The number of nitrogens with zero attached hydrogens (tertiary/aromatic N) is 2. The Kier molecular flexibility index (Phi) is 4.17. The quantitative estimate of drug-likeness (QED) is 0.637. The van der Waals surface area contributed by atoms with Crippen LogP contribution in [0.5, 0.6) is 0 Å². The van der Waals surface area contributed by atoms with Gasteiger partial charge in [-0.3, -0.25) is 0 Å². The molecule has 18 heavy (non-hydrogen) atoms. The molecule has 1 aliphatic carbocycles. The van der Waals surface area contributed by atoms with E-state index in [4.69, 9.17) is 10.8 Å². The van der Waals surface area contributed by atoms with Crippen LogP contribution in [0.4, 0.5) is 5.82 Å². The first-order valence-corrected chi connectivity index (χ1v) is 6.95. The van der Waals surface area contributed by atoms with Crippen LogP contribution in [0.15, 0.2) is 6.07 Å². The molecule has 1 saturated carbocycles. The Morgan fingerprint density at radius 2 is 1.89 bits per heavy atom. The first kappa shape index (κ1) is 13.3. The van der Waals surface area contributed by atoms with Gasteiger partial charge in [-0.15, -0.1) is 0 Å². The fourth-order valence-corrected chi connectivity index (χ4v) is 2.56. The molecule has 3 N–H and O–H groups in total. The van der Waals surface area contributed by atoms with Crippen molar-refractivity contribution >= 4 is 5.82 Å². The fraction of sp³-hybridized carbons (Fsp3) is 0.714. The highest BCUT2D eigenvalue weighted by Crippen LogP contribution is 2.34. The van der Waals surface area contributed by atoms with Crippen LogP contribution in [0.25, 0.3) is 0 Å². The first-order chi connectivity index (χ1) is 8.60. The van der Waals surface area contributed by atoms with Gasteiger partial charge in [-0.2, -0.15) is 0 Å². The summed E-state index contributed by atoms with van der Waals surface area (Å²) in [5, 5.41) is 0. The Bertz CT molecular complexity index is 395. The molecule has 0 saturated heterocycles. The van der Waals surface area contributed by atoms with Gasteiger partial charge < -0.3 is 5.43 Å². The normalized spacial score (nSPS) is 24.3. The molecular weight excluding hydrogens is 224 g/mol. The summed E-state index contributed by atoms with van der Waals surface area (Å²) in [5.74, 6) is 8.97. The van der Waals surface area contributed by atoms with E-state index in [1.54, 1.807) is 0 Å². The van der Waals surface area contributed by atoms with Crippen LogP contribution < -0.4 is 11.3 Å². The number of aromatic nitrogens is 2. The monoisotopic (exact) mass is 248 g/mol. The summed E-state index contributed by atoms with van der Waals surface area (Å²) >= 11 is 0. The van der Waals surface area contributed by atoms with Gasteiger partial charge in [-0.05, 0) is 24.7 Å². The van der Waals surface area contributed by atoms with Crippen LogP contribution in [0.3, 0.4) is 0 Å². The van der Waals surface area contributed by atoms with Crippen molar-refractivity contribution in [3.05, 3.63) is 17.6 Å². The van der Waals surface area contributed by atoms with Gasteiger partial charge in [-0.25, -0.2) is 15.8 Å². The maximum atomic E-state index is 5.50. The number of anilines is 1. The van der Waals surface area contributed by atoms with Crippen LogP contribution in [-0.4, -0.2) is 9.97 Å². The molecular formula is C14H24N4. The van der Waals surface area contributed by atoms with Gasteiger partial charge in [0.1, 0.15) is 11.6 Å². The maximum Gasteiger partial charge on any atom is 0.143 e. The second-order valence-electron chi connectivity index (χ2n) is 5.79. The molecule has 1 heterocycles. The summed E-state index contributed by atoms with van der Waals surface area (Å²) in [5.41, 5.74) is 3.73. The second kappa shape index (κ2) is 5.65. The number of hydrogen-bond acceptors (Lipinski definition) is 4. The van der Waals surface area contributed by atoms with E-state index < -0.39 is 0 Å². The zero-order chi connectivity index (χ0) is 13.1. The summed E-state index contributed by atoms with van der Waals surface area (Å²) < 4.78 is 0. The summed E-state index contributed by atoms with van der Waals surface area (Å²) in [6.07, 6.45) is 4.97. The second-order valence-corrected chi connectivity index (χ2v) is 5.79. The maximum absolute atomic E-state index is 5.50. The van der Waals surface area contributed by atoms with E-state index in [2.05, 4.69) is 31.2 Å². The van der Waals surface area contributed by atoms with Crippen molar-refractivity contribution in [1.82, 2.24) is 9.97 Å². The van der Waals surface area contributed by atoms with Crippen LogP contribution in [0, 0.1) is 5.92 Å². The lowest BCUT2D eigenvalue weighted by Gasteiger charge is -2.25. The Balaban J connectivity index is 2.23. The number of hydrazine groups is 1. The Morgan fingerprint density at radius 1 is 1.22 bits per heavy atom. The minimum atomic E-state index is 0.404. The molecule has 0 unspecified atom stereocenters. The first-order valence-electron chi connectivity index (χ1n) is 6.95. The van der Waals surface area contributed by atoms with Crippen molar-refractivity contribution in [3.8, 4) is 0 Å². The van der Waals surface area contributed by atoms with Crippen molar-refractivity contribution in [2.24, 2.45) is 11.8 Å². The van der Waals surface area contributed by atoms with E-state index in [0.29, 0.717) is 11.8 Å². The molecule has 0 atom stereocenters. The molecule has 1 aromatic rings. The lowest BCUT2D eigenvalue weighted by Crippen LogP contribution is -2.17. The predicted octanol–water partition coefficient (Wildman–Crippen LogP) is 3.18. The van der Waals surface area contributed by atoms with E-state index in [9.17, 15) is 0 Å². The van der Waals surface area contributed by atoms with E-state index in [1.807, 2.05) is 6.07 Å². The third-order valence-electron chi connectivity index (χ3n) is 3.88. The van der Waals surface area contributed by atoms with Crippen molar-refractivity contribution < 1.29 is 0 Å². The van der Waals surface area contributed by atoms with Gasteiger partial charge >= 0.3 is 0 Å². The van der Waals surface area contributed by atoms with Crippen molar-refractivity contribution in [1.29, 1.82) is 0 Å². The lowest BCUT2D eigenvalue weighted by atomic mass is 9.82. The minimum Gasteiger partial charge on any atom is -0.308 e. The number of nitrogens with two attached hydrogens (primary N) is 1. The van der Waals surface area contributed by atoms with Gasteiger partial charge in [-0.1, -0.05) is 33.6 Å². The van der Waals surface area contributed by atoms with Gasteiger partial charge in [0.05, 0.1) is 0 Å². The molecule has 0 radical (unpaired) electrons. The summed E-state index contributed by atoms with van der Waals surface area (Å²) in [6.45, 7) is 6.62. The van der Waals surface area contributed by atoms with Gasteiger partial charge in [0.15, 0.2) is 0 Å². The van der Waals surface area contributed by atoms with Crippen molar-refractivity contribution in [2.75, 3.05) is 5.43 Å². The Morgan fingerprint density at radius 3 is 2.44 bits per heavy atom. The molecule has 1 aliphatic rings. The molecule has 0 aliphatic heterocycles. The smallest absolute Gasteiger partial charge is 0.143 e. The SMILES string of the molecule is CC1CCC(c2nc(NN)cc(C(C)C)n2)CC1. The third-order valence-corrected chi connectivity index (χ3v) is 3.88. The minimum absolute atomic E-state index is 0.404. The summed E-state index contributed by atoms with van der Waals surface area (Å²) in [7, 11) is 0. The van der Waals surface area contributed by atoms with E-state index in [0.717, 1.165) is 23.3 Å². The number of rotatable bonds is 3. The highest BCUT2D eigenvalue weighted by molar-refractivity contribution is 5.36. The Hall–Kier alpha value is -1.16. The molecule has 0 bridgehead atoms. The highest BCUT2D eigenvalue weighted by Gasteiger charge is 2.23. The van der Waals surface area contributed by atoms with Gasteiger partial charge in [0, 0.05) is 17.7 Å². The average Bonchev–Trinajstić information content (AvgIpc) is 2.39. The number of nitrogens with one attached hydrogen (secondary N) is 1. The van der Waals surface area contributed by atoms with Gasteiger partial charge in [0.2, 0.25) is 0 Å². The average molecular weight is 248 g/mol. The fourth-order valence-electron chi connectivity index (χ4n) is 2.56. The van der Waals surface area contributed by atoms with Crippen LogP contribution in [-0.2, 0) is 0 Å². The van der Waals surface area contributed by atoms with Crippen LogP contribution in [0.2, 0.25) is 0 Å². The van der Waals surface area contributed by atoms with E-state index in [-0.39, 0.29) is 0 Å². The summed E-state index contributed by atoms with van der Waals surface area (Å²) in [4.78, 5) is 9.26.